The van der Waals surface area contributed by atoms with Crippen LogP contribution < -0.4 is 5.32 Å². The van der Waals surface area contributed by atoms with Gasteiger partial charge in [-0.15, -0.1) is 0 Å². The Kier molecular flexibility index (Phi) is 2.69. The van der Waals surface area contributed by atoms with Gasteiger partial charge in [0.25, 0.3) is 0 Å². The molecule has 0 saturated heterocycles. The molecule has 1 heterocycles. The second kappa shape index (κ2) is 3.97. The lowest BCUT2D eigenvalue weighted by Gasteiger charge is -2.05. The van der Waals surface area contributed by atoms with Crippen molar-refractivity contribution in [2.24, 2.45) is 5.92 Å². The number of hydrogen-bond donors (Lipinski definition) is 1. The zero-order valence-electron chi connectivity index (χ0n) is 7.46. The number of rotatable bonds is 4. The van der Waals surface area contributed by atoms with Crippen LogP contribution in [0, 0.1) is 5.92 Å². The second-order valence-corrected chi connectivity index (χ2v) is 3.90. The van der Waals surface area contributed by atoms with Gasteiger partial charge >= 0.3 is 0 Å². The predicted octanol–water partition coefficient (Wildman–Crippen LogP) is 2.95. The van der Waals surface area contributed by atoms with E-state index in [1.165, 1.54) is 19.3 Å². The number of halogens is 1. The molecule has 13 heavy (non-hydrogen) atoms. The van der Waals surface area contributed by atoms with Gasteiger partial charge in [0.1, 0.15) is 5.82 Å². The fourth-order valence-corrected chi connectivity index (χ4v) is 1.51. The highest BCUT2D eigenvalue weighted by molar-refractivity contribution is 6.32. The molecule has 0 amide bonds. The molecule has 1 aromatic heterocycles. The fraction of sp³-hybridized carbons (Fsp3) is 0.500. The van der Waals surface area contributed by atoms with Crippen molar-refractivity contribution in [2.75, 3.05) is 11.9 Å². The van der Waals surface area contributed by atoms with Crippen molar-refractivity contribution < 1.29 is 0 Å². The van der Waals surface area contributed by atoms with Crippen LogP contribution in [-0.2, 0) is 0 Å². The SMILES string of the molecule is Clc1cccnc1NCCC1CC1. The van der Waals surface area contributed by atoms with Crippen molar-refractivity contribution in [3.05, 3.63) is 23.4 Å². The lowest BCUT2D eigenvalue weighted by molar-refractivity contribution is 0.758. The summed E-state index contributed by atoms with van der Waals surface area (Å²) in [4.78, 5) is 4.15. The van der Waals surface area contributed by atoms with Crippen molar-refractivity contribution in [1.29, 1.82) is 0 Å². The normalized spacial score (nSPS) is 15.8. The summed E-state index contributed by atoms with van der Waals surface area (Å²) in [5, 5.41) is 3.95. The van der Waals surface area contributed by atoms with Gasteiger partial charge in [-0.2, -0.15) is 0 Å². The minimum Gasteiger partial charge on any atom is -0.369 e. The Balaban J connectivity index is 1.82. The first-order valence-corrected chi connectivity index (χ1v) is 5.08. The van der Waals surface area contributed by atoms with Crippen molar-refractivity contribution in [3.63, 3.8) is 0 Å². The third kappa shape index (κ3) is 2.59. The number of anilines is 1. The van der Waals surface area contributed by atoms with E-state index < -0.39 is 0 Å². The van der Waals surface area contributed by atoms with Gasteiger partial charge in [-0.3, -0.25) is 0 Å². The molecule has 0 atom stereocenters. The maximum atomic E-state index is 5.93. The number of nitrogens with zero attached hydrogens (tertiary/aromatic N) is 1. The van der Waals surface area contributed by atoms with Gasteiger partial charge in [-0.25, -0.2) is 4.98 Å². The van der Waals surface area contributed by atoms with Crippen LogP contribution in [-0.4, -0.2) is 11.5 Å². The lowest BCUT2D eigenvalue weighted by atomic mass is 10.3. The lowest BCUT2D eigenvalue weighted by Crippen LogP contribution is -2.04. The highest BCUT2D eigenvalue weighted by Crippen LogP contribution is 2.32. The highest BCUT2D eigenvalue weighted by Gasteiger charge is 2.20. The van der Waals surface area contributed by atoms with Crippen LogP contribution in [0.4, 0.5) is 5.82 Å². The molecule has 0 unspecified atom stereocenters. The molecule has 2 nitrogen and oxygen atoms in total. The quantitative estimate of drug-likeness (QED) is 0.801. The molecular formula is C10H13ClN2. The first-order valence-electron chi connectivity index (χ1n) is 4.70. The van der Waals surface area contributed by atoms with Gasteiger partial charge in [0.05, 0.1) is 5.02 Å². The van der Waals surface area contributed by atoms with E-state index in [0.29, 0.717) is 5.02 Å². The molecule has 0 bridgehead atoms. The largest absolute Gasteiger partial charge is 0.369 e. The van der Waals surface area contributed by atoms with E-state index in [2.05, 4.69) is 10.3 Å². The molecule has 2 rings (SSSR count). The van der Waals surface area contributed by atoms with Crippen LogP contribution in [0.5, 0.6) is 0 Å². The maximum absolute atomic E-state index is 5.93. The Bertz CT molecular complexity index is 284. The molecule has 0 radical (unpaired) electrons. The van der Waals surface area contributed by atoms with Gasteiger partial charge in [-0.1, -0.05) is 24.4 Å². The van der Waals surface area contributed by atoms with Gasteiger partial charge in [0.2, 0.25) is 0 Å². The molecule has 1 aromatic rings. The molecule has 3 heteroatoms. The first kappa shape index (κ1) is 8.82. The monoisotopic (exact) mass is 196 g/mol. The third-order valence-electron chi connectivity index (χ3n) is 2.30. The van der Waals surface area contributed by atoms with Crippen molar-refractivity contribution in [3.8, 4) is 0 Å². The molecule has 0 aliphatic heterocycles. The van der Waals surface area contributed by atoms with Crippen LogP contribution >= 0.6 is 11.6 Å². The third-order valence-corrected chi connectivity index (χ3v) is 2.61. The molecular weight excluding hydrogens is 184 g/mol. The van der Waals surface area contributed by atoms with Gasteiger partial charge in [-0.05, 0) is 24.5 Å². The van der Waals surface area contributed by atoms with Crippen LogP contribution in [0.1, 0.15) is 19.3 Å². The van der Waals surface area contributed by atoms with E-state index in [1.807, 2.05) is 12.1 Å². The zero-order valence-corrected chi connectivity index (χ0v) is 8.22. The summed E-state index contributed by atoms with van der Waals surface area (Å²) in [7, 11) is 0. The average molecular weight is 197 g/mol. The Morgan fingerprint density at radius 3 is 3.08 bits per heavy atom. The Morgan fingerprint density at radius 2 is 2.38 bits per heavy atom. The minimum atomic E-state index is 0.707. The van der Waals surface area contributed by atoms with Crippen LogP contribution in [0.3, 0.4) is 0 Å². The Labute approximate surface area is 83.3 Å². The minimum absolute atomic E-state index is 0.707. The summed E-state index contributed by atoms with van der Waals surface area (Å²) in [5.41, 5.74) is 0. The van der Waals surface area contributed by atoms with Crippen molar-refractivity contribution in [1.82, 2.24) is 4.98 Å². The van der Waals surface area contributed by atoms with E-state index in [0.717, 1.165) is 18.3 Å². The summed E-state index contributed by atoms with van der Waals surface area (Å²) in [6, 6.07) is 3.70. The summed E-state index contributed by atoms with van der Waals surface area (Å²) in [5.74, 6) is 1.76. The molecule has 1 saturated carbocycles. The molecule has 1 aliphatic rings. The van der Waals surface area contributed by atoms with E-state index in [4.69, 9.17) is 11.6 Å². The van der Waals surface area contributed by atoms with Gasteiger partial charge in [0, 0.05) is 12.7 Å². The summed E-state index contributed by atoms with van der Waals surface area (Å²) in [6.45, 7) is 0.987. The van der Waals surface area contributed by atoms with E-state index in [1.54, 1.807) is 6.20 Å². The number of pyridine rings is 1. The molecule has 0 aromatic carbocycles. The van der Waals surface area contributed by atoms with Crippen molar-refractivity contribution in [2.45, 2.75) is 19.3 Å². The van der Waals surface area contributed by atoms with Gasteiger partial charge in [0.15, 0.2) is 0 Å². The van der Waals surface area contributed by atoms with Crippen LogP contribution in [0.15, 0.2) is 18.3 Å². The van der Waals surface area contributed by atoms with E-state index in [-0.39, 0.29) is 0 Å². The van der Waals surface area contributed by atoms with Crippen LogP contribution in [0.2, 0.25) is 5.02 Å². The van der Waals surface area contributed by atoms with E-state index >= 15 is 0 Å². The summed E-state index contributed by atoms with van der Waals surface area (Å²) < 4.78 is 0. The fourth-order valence-electron chi connectivity index (χ4n) is 1.32. The smallest absolute Gasteiger partial charge is 0.144 e. The van der Waals surface area contributed by atoms with Crippen molar-refractivity contribution >= 4 is 17.4 Å². The number of hydrogen-bond acceptors (Lipinski definition) is 2. The summed E-state index contributed by atoms with van der Waals surface area (Å²) in [6.07, 6.45) is 5.80. The second-order valence-electron chi connectivity index (χ2n) is 3.49. The first-order chi connectivity index (χ1) is 6.36. The number of nitrogens with one attached hydrogen (secondary N) is 1. The van der Waals surface area contributed by atoms with Crippen LogP contribution in [0.25, 0.3) is 0 Å². The highest BCUT2D eigenvalue weighted by atomic mass is 35.5. The predicted molar refractivity (Wildman–Crippen MR) is 55.1 cm³/mol. The average Bonchev–Trinajstić information content (AvgIpc) is 2.92. The molecule has 70 valence electrons. The standard InChI is InChI=1S/C10H13ClN2/c11-9-2-1-6-12-10(9)13-7-5-8-3-4-8/h1-2,6,8H,3-5,7H2,(H,12,13). The zero-order chi connectivity index (χ0) is 9.10. The maximum Gasteiger partial charge on any atom is 0.144 e. The molecule has 1 N–H and O–H groups in total. The summed E-state index contributed by atoms with van der Waals surface area (Å²) >= 11 is 5.93. The topological polar surface area (TPSA) is 24.9 Å². The van der Waals surface area contributed by atoms with E-state index in [9.17, 15) is 0 Å². The van der Waals surface area contributed by atoms with Gasteiger partial charge < -0.3 is 5.32 Å². The molecule has 1 fully saturated rings. The number of aromatic nitrogens is 1. The Morgan fingerprint density at radius 1 is 1.54 bits per heavy atom. The molecule has 0 spiro atoms. The molecule has 1 aliphatic carbocycles. The Hall–Kier alpha value is -0.760.